The molecule has 4 rings (SSSR count). The Hall–Kier alpha value is -3.49. The van der Waals surface area contributed by atoms with E-state index in [0.717, 1.165) is 29.6 Å². The molecule has 0 saturated carbocycles. The largest absolute Gasteiger partial charge is 0.356 e. The van der Waals surface area contributed by atoms with Crippen molar-refractivity contribution in [3.05, 3.63) is 47.5 Å². The molecule has 2 aliphatic heterocycles. The molecular weight excluding hydrogens is 408 g/mol. The van der Waals surface area contributed by atoms with Crippen LogP contribution in [0.2, 0.25) is 0 Å². The van der Waals surface area contributed by atoms with Crippen LogP contribution in [0.1, 0.15) is 41.5 Å². The summed E-state index contributed by atoms with van der Waals surface area (Å²) in [7, 11) is 0. The van der Waals surface area contributed by atoms with Crippen molar-refractivity contribution in [2.24, 2.45) is 0 Å². The number of imide groups is 1. The number of fused-ring (bicyclic) bond motifs is 1. The average molecular weight is 437 g/mol. The van der Waals surface area contributed by atoms with Gasteiger partial charge in [-0.2, -0.15) is 0 Å². The molecule has 168 valence electrons. The minimum absolute atomic E-state index is 0.220. The molecule has 0 aliphatic carbocycles. The topological polar surface area (TPSA) is 90.0 Å². The number of hydrogen-bond donors (Lipinski definition) is 0. The van der Waals surface area contributed by atoms with Gasteiger partial charge in [-0.05, 0) is 45.0 Å². The number of rotatable bonds is 6. The van der Waals surface area contributed by atoms with Crippen LogP contribution in [0.3, 0.4) is 0 Å². The molecule has 1 saturated heterocycles. The fourth-order valence-electron chi connectivity index (χ4n) is 4.29. The Balaban J connectivity index is 1.38. The number of amides is 3. The number of piperazine rings is 1. The number of hydrogen-bond acceptors (Lipinski definition) is 7. The summed E-state index contributed by atoms with van der Waals surface area (Å²) >= 11 is 0. The quantitative estimate of drug-likeness (QED) is 0.636. The molecule has 0 radical (unpaired) electrons. The molecule has 0 N–H and O–H groups in total. The SMILES string of the molecule is CCN(CC)c1ccc(N2CCN(C(=O)C(C)N3C(=O)c4ccccc4C3=O)CC2)nn1. The zero-order chi connectivity index (χ0) is 22.8. The Morgan fingerprint density at radius 3 is 2.03 bits per heavy atom. The normalized spacial score (nSPS) is 16.9. The fraction of sp³-hybridized carbons (Fsp3) is 0.435. The molecule has 2 aliphatic rings. The van der Waals surface area contributed by atoms with E-state index in [-0.39, 0.29) is 5.91 Å². The molecular formula is C23H28N6O3. The van der Waals surface area contributed by atoms with Gasteiger partial charge >= 0.3 is 0 Å². The molecule has 1 unspecified atom stereocenters. The Kier molecular flexibility index (Phi) is 6.07. The number of carbonyl (C=O) groups excluding carboxylic acids is 3. The van der Waals surface area contributed by atoms with Crippen molar-refractivity contribution in [3.8, 4) is 0 Å². The van der Waals surface area contributed by atoms with Gasteiger partial charge in [0.05, 0.1) is 11.1 Å². The second-order valence-corrected chi connectivity index (χ2v) is 7.94. The van der Waals surface area contributed by atoms with E-state index in [1.165, 1.54) is 0 Å². The van der Waals surface area contributed by atoms with E-state index in [4.69, 9.17) is 0 Å². The second-order valence-electron chi connectivity index (χ2n) is 7.94. The summed E-state index contributed by atoms with van der Waals surface area (Å²) in [6.45, 7) is 9.73. The monoisotopic (exact) mass is 436 g/mol. The van der Waals surface area contributed by atoms with Crippen LogP contribution >= 0.6 is 0 Å². The highest BCUT2D eigenvalue weighted by atomic mass is 16.2. The van der Waals surface area contributed by atoms with E-state index >= 15 is 0 Å². The predicted octanol–water partition coefficient (Wildman–Crippen LogP) is 1.66. The first-order valence-corrected chi connectivity index (χ1v) is 11.1. The molecule has 1 fully saturated rings. The van der Waals surface area contributed by atoms with Crippen molar-refractivity contribution in [1.82, 2.24) is 20.0 Å². The van der Waals surface area contributed by atoms with Gasteiger partial charge in [0.25, 0.3) is 11.8 Å². The summed E-state index contributed by atoms with van der Waals surface area (Å²) in [6, 6.07) is 9.77. The molecule has 1 atom stereocenters. The molecule has 1 aromatic carbocycles. The Morgan fingerprint density at radius 1 is 0.938 bits per heavy atom. The predicted molar refractivity (Wildman–Crippen MR) is 121 cm³/mol. The summed E-state index contributed by atoms with van der Waals surface area (Å²) in [5.74, 6) is 0.591. The van der Waals surface area contributed by atoms with E-state index in [9.17, 15) is 14.4 Å². The highest BCUT2D eigenvalue weighted by molar-refractivity contribution is 6.22. The zero-order valence-electron chi connectivity index (χ0n) is 18.7. The molecule has 0 spiro atoms. The number of anilines is 2. The van der Waals surface area contributed by atoms with Gasteiger partial charge in [0.1, 0.15) is 6.04 Å². The lowest BCUT2D eigenvalue weighted by molar-refractivity contribution is -0.135. The third kappa shape index (κ3) is 3.79. The standard InChI is InChI=1S/C23H28N6O3/c1-4-26(5-2)19-10-11-20(25-24-19)27-12-14-28(15-13-27)21(30)16(3)29-22(31)17-8-6-7-9-18(17)23(29)32/h6-11,16H,4-5,12-15H2,1-3H3. The van der Waals surface area contributed by atoms with Crippen LogP contribution in [-0.4, -0.2) is 83.0 Å². The maximum Gasteiger partial charge on any atom is 0.262 e. The average Bonchev–Trinajstić information content (AvgIpc) is 3.09. The molecule has 3 amide bonds. The van der Waals surface area contributed by atoms with Gasteiger partial charge in [-0.1, -0.05) is 12.1 Å². The molecule has 32 heavy (non-hydrogen) atoms. The van der Waals surface area contributed by atoms with Crippen LogP contribution in [0, 0.1) is 0 Å². The van der Waals surface area contributed by atoms with Crippen LogP contribution in [-0.2, 0) is 4.79 Å². The summed E-state index contributed by atoms with van der Waals surface area (Å²) in [5.41, 5.74) is 0.711. The van der Waals surface area contributed by atoms with Crippen molar-refractivity contribution >= 4 is 29.4 Å². The Morgan fingerprint density at radius 2 is 1.53 bits per heavy atom. The lowest BCUT2D eigenvalue weighted by Gasteiger charge is -2.37. The summed E-state index contributed by atoms with van der Waals surface area (Å²) in [4.78, 5) is 45.5. The van der Waals surface area contributed by atoms with Crippen LogP contribution in [0.15, 0.2) is 36.4 Å². The smallest absolute Gasteiger partial charge is 0.262 e. The van der Waals surface area contributed by atoms with E-state index in [2.05, 4.69) is 33.8 Å². The maximum absolute atomic E-state index is 13.1. The molecule has 9 heteroatoms. The highest BCUT2D eigenvalue weighted by Gasteiger charge is 2.42. The van der Waals surface area contributed by atoms with Gasteiger partial charge < -0.3 is 14.7 Å². The van der Waals surface area contributed by atoms with Crippen LogP contribution in [0.25, 0.3) is 0 Å². The molecule has 3 heterocycles. The number of benzene rings is 1. The lowest BCUT2D eigenvalue weighted by Crippen LogP contribution is -2.55. The third-order valence-electron chi connectivity index (χ3n) is 6.21. The van der Waals surface area contributed by atoms with Crippen LogP contribution < -0.4 is 9.80 Å². The zero-order valence-corrected chi connectivity index (χ0v) is 18.7. The van der Waals surface area contributed by atoms with E-state index in [1.807, 2.05) is 12.1 Å². The van der Waals surface area contributed by atoms with Gasteiger partial charge in [-0.3, -0.25) is 19.3 Å². The van der Waals surface area contributed by atoms with Crippen LogP contribution in [0.4, 0.5) is 11.6 Å². The van der Waals surface area contributed by atoms with E-state index < -0.39 is 17.9 Å². The third-order valence-corrected chi connectivity index (χ3v) is 6.21. The first-order chi connectivity index (χ1) is 15.5. The number of nitrogens with zero attached hydrogens (tertiary/aromatic N) is 6. The maximum atomic E-state index is 13.1. The van der Waals surface area contributed by atoms with Crippen molar-refractivity contribution in [3.63, 3.8) is 0 Å². The second kappa shape index (κ2) is 8.94. The lowest BCUT2D eigenvalue weighted by atomic mass is 10.1. The fourth-order valence-corrected chi connectivity index (χ4v) is 4.29. The number of carbonyl (C=O) groups is 3. The van der Waals surface area contributed by atoms with Crippen molar-refractivity contribution in [2.45, 2.75) is 26.8 Å². The first-order valence-electron chi connectivity index (χ1n) is 11.1. The van der Waals surface area contributed by atoms with Crippen LogP contribution in [0.5, 0.6) is 0 Å². The van der Waals surface area contributed by atoms with Gasteiger partial charge in [-0.25, -0.2) is 0 Å². The van der Waals surface area contributed by atoms with Gasteiger partial charge in [0, 0.05) is 39.3 Å². The van der Waals surface area contributed by atoms with Gasteiger partial charge in [0.15, 0.2) is 11.6 Å². The van der Waals surface area contributed by atoms with Crippen molar-refractivity contribution in [1.29, 1.82) is 0 Å². The minimum Gasteiger partial charge on any atom is -0.356 e. The highest BCUT2D eigenvalue weighted by Crippen LogP contribution is 2.25. The Bertz CT molecular complexity index is 978. The summed E-state index contributed by atoms with van der Waals surface area (Å²) in [6.07, 6.45) is 0. The molecule has 0 bridgehead atoms. The Labute approximate surface area is 187 Å². The summed E-state index contributed by atoms with van der Waals surface area (Å²) in [5, 5.41) is 8.70. The summed E-state index contributed by atoms with van der Waals surface area (Å²) < 4.78 is 0. The first kappa shape index (κ1) is 21.7. The minimum atomic E-state index is -0.845. The van der Waals surface area contributed by atoms with Gasteiger partial charge in [-0.15, -0.1) is 10.2 Å². The van der Waals surface area contributed by atoms with E-state index in [0.29, 0.717) is 37.3 Å². The molecule has 1 aromatic heterocycles. The molecule has 9 nitrogen and oxygen atoms in total. The van der Waals surface area contributed by atoms with Crippen molar-refractivity contribution in [2.75, 3.05) is 49.1 Å². The molecule has 2 aromatic rings. The van der Waals surface area contributed by atoms with Gasteiger partial charge in [0.2, 0.25) is 5.91 Å². The van der Waals surface area contributed by atoms with Crippen molar-refractivity contribution < 1.29 is 14.4 Å². The number of aromatic nitrogens is 2. The van der Waals surface area contributed by atoms with E-state index in [1.54, 1.807) is 36.1 Å².